The maximum Gasteiger partial charge on any atom is 0.234 e. The monoisotopic (exact) mass is 227 g/mol. The minimum atomic E-state index is -0.397. The first-order valence-electron chi connectivity index (χ1n) is 4.86. The molecular formula is C11H14FNOS. The smallest absolute Gasteiger partial charge is 0.234 e. The number of hydrogen-bond acceptors (Lipinski definition) is 2. The van der Waals surface area contributed by atoms with E-state index >= 15 is 0 Å². The number of carbonyl (C=O) groups excluding carboxylic acids is 1. The molecule has 15 heavy (non-hydrogen) atoms. The molecule has 2 nitrogen and oxygen atoms in total. The van der Waals surface area contributed by atoms with Crippen LogP contribution < -0.4 is 5.32 Å². The van der Waals surface area contributed by atoms with Crippen molar-refractivity contribution in [1.29, 1.82) is 0 Å². The summed E-state index contributed by atoms with van der Waals surface area (Å²) in [5, 5.41) is 2.53. The van der Waals surface area contributed by atoms with Gasteiger partial charge in [-0.3, -0.25) is 4.79 Å². The number of carbonyl (C=O) groups is 1. The molecule has 0 aliphatic rings. The third-order valence-corrected chi connectivity index (χ3v) is 2.89. The minimum Gasteiger partial charge on any atom is -0.323 e. The van der Waals surface area contributed by atoms with Gasteiger partial charge in [-0.1, -0.05) is 19.1 Å². The van der Waals surface area contributed by atoms with Crippen molar-refractivity contribution in [2.45, 2.75) is 13.3 Å². The standard InChI is InChI=1S/C11H14FNOS/c1-2-7-15-8-11(14)13-10-6-4-3-5-9(10)12/h3-6H,2,7-8H2,1H3,(H,13,14). The zero-order chi connectivity index (χ0) is 11.1. The van der Waals surface area contributed by atoms with E-state index in [1.54, 1.807) is 30.0 Å². The van der Waals surface area contributed by atoms with E-state index < -0.39 is 5.82 Å². The first-order chi connectivity index (χ1) is 7.24. The second-order valence-corrected chi connectivity index (χ2v) is 4.19. The molecule has 0 saturated carbocycles. The largest absolute Gasteiger partial charge is 0.323 e. The molecule has 0 saturated heterocycles. The summed E-state index contributed by atoms with van der Waals surface area (Å²) >= 11 is 1.55. The summed E-state index contributed by atoms with van der Waals surface area (Å²) in [5.41, 5.74) is 0.250. The summed E-state index contributed by atoms with van der Waals surface area (Å²) in [5.74, 6) is 0.775. The fourth-order valence-corrected chi connectivity index (χ4v) is 1.75. The van der Waals surface area contributed by atoms with Crippen LogP contribution in [0.2, 0.25) is 0 Å². The Hall–Kier alpha value is -1.03. The van der Waals surface area contributed by atoms with Crippen molar-refractivity contribution in [2.24, 2.45) is 0 Å². The van der Waals surface area contributed by atoms with Crippen LogP contribution in [0, 0.1) is 5.82 Å². The predicted molar refractivity (Wildman–Crippen MR) is 62.6 cm³/mol. The minimum absolute atomic E-state index is 0.154. The van der Waals surface area contributed by atoms with Gasteiger partial charge in [-0.25, -0.2) is 4.39 Å². The summed E-state index contributed by atoms with van der Waals surface area (Å²) in [6.07, 6.45) is 1.04. The van der Waals surface area contributed by atoms with Crippen LogP contribution in [0.4, 0.5) is 10.1 Å². The average Bonchev–Trinajstić information content (AvgIpc) is 2.22. The van der Waals surface area contributed by atoms with Crippen LogP contribution in [0.3, 0.4) is 0 Å². The molecule has 0 aliphatic carbocycles. The van der Waals surface area contributed by atoms with Crippen molar-refractivity contribution in [3.8, 4) is 0 Å². The van der Waals surface area contributed by atoms with Crippen molar-refractivity contribution >= 4 is 23.4 Å². The molecule has 0 fully saturated rings. The van der Waals surface area contributed by atoms with E-state index in [0.29, 0.717) is 5.75 Å². The zero-order valence-corrected chi connectivity index (χ0v) is 9.44. The Balaban J connectivity index is 2.41. The van der Waals surface area contributed by atoms with Gasteiger partial charge < -0.3 is 5.32 Å². The van der Waals surface area contributed by atoms with Gasteiger partial charge in [-0.15, -0.1) is 0 Å². The molecule has 1 aromatic rings. The van der Waals surface area contributed by atoms with Gasteiger partial charge in [0.15, 0.2) is 0 Å². The average molecular weight is 227 g/mol. The summed E-state index contributed by atoms with van der Waals surface area (Å²) < 4.78 is 13.1. The Morgan fingerprint density at radius 2 is 2.20 bits per heavy atom. The van der Waals surface area contributed by atoms with E-state index in [0.717, 1.165) is 12.2 Å². The fourth-order valence-electron chi connectivity index (χ4n) is 1.06. The van der Waals surface area contributed by atoms with Crippen LogP contribution in [0.25, 0.3) is 0 Å². The summed E-state index contributed by atoms with van der Waals surface area (Å²) in [7, 11) is 0. The molecule has 1 amide bonds. The Morgan fingerprint density at radius 1 is 1.47 bits per heavy atom. The van der Waals surface area contributed by atoms with Crippen molar-refractivity contribution < 1.29 is 9.18 Å². The molecule has 0 atom stereocenters. The molecule has 0 spiro atoms. The maximum atomic E-state index is 13.1. The Kier molecular flexibility index (Phi) is 5.18. The number of rotatable bonds is 5. The highest BCUT2D eigenvalue weighted by Crippen LogP contribution is 2.13. The van der Waals surface area contributed by atoms with Crippen LogP contribution in [-0.2, 0) is 4.79 Å². The van der Waals surface area contributed by atoms with Gasteiger partial charge in [0.1, 0.15) is 5.82 Å². The van der Waals surface area contributed by atoms with E-state index in [1.165, 1.54) is 6.07 Å². The molecule has 0 aliphatic heterocycles. The van der Waals surface area contributed by atoms with Crippen molar-refractivity contribution in [3.63, 3.8) is 0 Å². The lowest BCUT2D eigenvalue weighted by atomic mass is 10.3. The van der Waals surface area contributed by atoms with Crippen molar-refractivity contribution in [1.82, 2.24) is 0 Å². The van der Waals surface area contributed by atoms with Gasteiger partial charge in [-0.05, 0) is 24.3 Å². The number of halogens is 1. The van der Waals surface area contributed by atoms with E-state index in [4.69, 9.17) is 0 Å². The number of thioether (sulfide) groups is 1. The lowest BCUT2D eigenvalue weighted by Crippen LogP contribution is -2.15. The lowest BCUT2D eigenvalue weighted by molar-refractivity contribution is -0.113. The number of para-hydroxylation sites is 1. The topological polar surface area (TPSA) is 29.1 Å². The zero-order valence-electron chi connectivity index (χ0n) is 8.63. The molecule has 0 bridgehead atoms. The van der Waals surface area contributed by atoms with Gasteiger partial charge in [0.2, 0.25) is 5.91 Å². The molecule has 1 N–H and O–H groups in total. The van der Waals surface area contributed by atoms with Gasteiger partial charge >= 0.3 is 0 Å². The molecule has 0 radical (unpaired) electrons. The quantitative estimate of drug-likeness (QED) is 0.784. The third kappa shape index (κ3) is 4.34. The van der Waals surface area contributed by atoms with Gasteiger partial charge in [-0.2, -0.15) is 11.8 Å². The van der Waals surface area contributed by atoms with Crippen molar-refractivity contribution in [3.05, 3.63) is 30.1 Å². The van der Waals surface area contributed by atoms with E-state index in [-0.39, 0.29) is 11.6 Å². The van der Waals surface area contributed by atoms with Crippen LogP contribution >= 0.6 is 11.8 Å². The molecule has 82 valence electrons. The molecular weight excluding hydrogens is 213 g/mol. The molecule has 4 heteroatoms. The first-order valence-corrected chi connectivity index (χ1v) is 6.01. The summed E-state index contributed by atoms with van der Waals surface area (Å²) in [6.45, 7) is 2.06. The number of benzene rings is 1. The Labute approximate surface area is 93.3 Å². The molecule has 1 aromatic carbocycles. The summed E-state index contributed by atoms with van der Waals surface area (Å²) in [6, 6.07) is 6.17. The number of anilines is 1. The predicted octanol–water partition coefficient (Wildman–Crippen LogP) is 2.91. The molecule has 0 heterocycles. The van der Waals surface area contributed by atoms with Crippen LogP contribution in [0.1, 0.15) is 13.3 Å². The molecule has 0 aromatic heterocycles. The van der Waals surface area contributed by atoms with E-state index in [9.17, 15) is 9.18 Å². The first kappa shape index (κ1) is 12.0. The van der Waals surface area contributed by atoms with Gasteiger partial charge in [0, 0.05) is 0 Å². The normalized spacial score (nSPS) is 10.0. The Bertz CT molecular complexity index is 330. The molecule has 0 unspecified atom stereocenters. The fraction of sp³-hybridized carbons (Fsp3) is 0.364. The van der Waals surface area contributed by atoms with Gasteiger partial charge in [0.25, 0.3) is 0 Å². The van der Waals surface area contributed by atoms with Crippen molar-refractivity contribution in [2.75, 3.05) is 16.8 Å². The number of nitrogens with one attached hydrogen (secondary N) is 1. The highest BCUT2D eigenvalue weighted by molar-refractivity contribution is 7.99. The van der Waals surface area contributed by atoms with Gasteiger partial charge in [0.05, 0.1) is 11.4 Å². The summed E-state index contributed by atoms with van der Waals surface area (Å²) in [4.78, 5) is 11.3. The Morgan fingerprint density at radius 3 is 2.87 bits per heavy atom. The highest BCUT2D eigenvalue weighted by Gasteiger charge is 2.05. The van der Waals surface area contributed by atoms with Crippen LogP contribution in [-0.4, -0.2) is 17.4 Å². The second-order valence-electron chi connectivity index (χ2n) is 3.08. The van der Waals surface area contributed by atoms with E-state index in [1.807, 2.05) is 0 Å². The van der Waals surface area contributed by atoms with E-state index in [2.05, 4.69) is 12.2 Å². The highest BCUT2D eigenvalue weighted by atomic mass is 32.2. The number of hydrogen-bond donors (Lipinski definition) is 1. The van der Waals surface area contributed by atoms with Crippen LogP contribution in [0.5, 0.6) is 0 Å². The third-order valence-electron chi connectivity index (χ3n) is 1.73. The number of amides is 1. The second kappa shape index (κ2) is 6.45. The lowest BCUT2D eigenvalue weighted by Gasteiger charge is -2.05. The van der Waals surface area contributed by atoms with Crippen LogP contribution in [0.15, 0.2) is 24.3 Å². The molecule has 1 rings (SSSR count). The SMILES string of the molecule is CCCSCC(=O)Nc1ccccc1F. The maximum absolute atomic E-state index is 13.1.